The molecule has 21 heavy (non-hydrogen) atoms. The van der Waals surface area contributed by atoms with Crippen LogP contribution in [-0.4, -0.2) is 11.0 Å². The van der Waals surface area contributed by atoms with Crippen LogP contribution in [0.4, 0.5) is 5.69 Å². The molecule has 0 aromatic heterocycles. The van der Waals surface area contributed by atoms with E-state index < -0.39 is 6.10 Å². The summed E-state index contributed by atoms with van der Waals surface area (Å²) < 4.78 is 0. The van der Waals surface area contributed by atoms with Gasteiger partial charge in [0.25, 0.3) is 0 Å². The normalized spacial score (nSPS) is 18.2. The topological polar surface area (TPSA) is 49.3 Å². The molecular formula is C18H19NO2. The highest BCUT2D eigenvalue weighted by Gasteiger charge is 2.29. The summed E-state index contributed by atoms with van der Waals surface area (Å²) in [6.45, 7) is 4.02. The van der Waals surface area contributed by atoms with Crippen LogP contribution >= 0.6 is 0 Å². The molecule has 3 heteroatoms. The number of aryl methyl sites for hydroxylation is 1. The van der Waals surface area contributed by atoms with Crippen molar-refractivity contribution in [2.75, 3.05) is 5.32 Å². The molecule has 2 N–H and O–H groups in total. The van der Waals surface area contributed by atoms with Gasteiger partial charge in [0.15, 0.2) is 0 Å². The van der Waals surface area contributed by atoms with Gasteiger partial charge in [0.1, 0.15) is 6.10 Å². The van der Waals surface area contributed by atoms with Crippen LogP contribution in [0.1, 0.15) is 47.6 Å². The van der Waals surface area contributed by atoms with E-state index in [1.165, 1.54) is 5.56 Å². The molecule has 0 radical (unpaired) electrons. The summed E-state index contributed by atoms with van der Waals surface area (Å²) in [6.07, 6.45) is 0.104. The number of hydrogen-bond acceptors (Lipinski definition) is 2. The van der Waals surface area contributed by atoms with Crippen molar-refractivity contribution in [3.63, 3.8) is 0 Å². The standard InChI is InChI=1S/C18H19NO2/c1-3-14-15-10-13(8-9-16(15)19-18(14)21)17(20)12-6-4-11(2)5-7-12/h4-10,14,17,20H,3H2,1-2H3,(H,19,21). The summed E-state index contributed by atoms with van der Waals surface area (Å²) in [6, 6.07) is 13.6. The molecule has 0 aliphatic carbocycles. The molecule has 2 aromatic rings. The van der Waals surface area contributed by atoms with E-state index in [9.17, 15) is 9.90 Å². The Labute approximate surface area is 124 Å². The van der Waals surface area contributed by atoms with Gasteiger partial charge in [-0.1, -0.05) is 42.8 Å². The maximum atomic E-state index is 11.9. The van der Waals surface area contributed by atoms with E-state index in [1.54, 1.807) is 0 Å². The molecule has 0 bridgehead atoms. The van der Waals surface area contributed by atoms with Crippen LogP contribution in [-0.2, 0) is 4.79 Å². The maximum absolute atomic E-state index is 11.9. The average Bonchev–Trinajstić information content (AvgIpc) is 2.81. The first-order valence-corrected chi connectivity index (χ1v) is 7.29. The molecule has 2 atom stereocenters. The third-order valence-corrected chi connectivity index (χ3v) is 4.14. The fourth-order valence-corrected chi connectivity index (χ4v) is 2.86. The number of carbonyl (C=O) groups is 1. The van der Waals surface area contributed by atoms with Gasteiger partial charge in [0, 0.05) is 5.69 Å². The van der Waals surface area contributed by atoms with E-state index in [0.29, 0.717) is 0 Å². The van der Waals surface area contributed by atoms with Crippen molar-refractivity contribution in [1.82, 2.24) is 0 Å². The highest BCUT2D eigenvalue weighted by molar-refractivity contribution is 6.02. The zero-order chi connectivity index (χ0) is 15.0. The SMILES string of the molecule is CCC1C(=O)Nc2ccc(C(O)c3ccc(C)cc3)cc21. The van der Waals surface area contributed by atoms with Crippen molar-refractivity contribution >= 4 is 11.6 Å². The Morgan fingerprint density at radius 2 is 1.81 bits per heavy atom. The number of anilines is 1. The lowest BCUT2D eigenvalue weighted by Gasteiger charge is -2.14. The summed E-state index contributed by atoms with van der Waals surface area (Å²) in [5, 5.41) is 13.4. The fourth-order valence-electron chi connectivity index (χ4n) is 2.86. The number of aliphatic hydroxyl groups excluding tert-OH is 1. The number of carbonyl (C=O) groups excluding carboxylic acids is 1. The smallest absolute Gasteiger partial charge is 0.231 e. The molecule has 0 fully saturated rings. The molecule has 3 rings (SSSR count). The van der Waals surface area contributed by atoms with Gasteiger partial charge in [0.05, 0.1) is 5.92 Å². The molecule has 108 valence electrons. The molecular weight excluding hydrogens is 262 g/mol. The van der Waals surface area contributed by atoms with Gasteiger partial charge in [-0.3, -0.25) is 4.79 Å². The van der Waals surface area contributed by atoms with Crippen molar-refractivity contribution in [3.8, 4) is 0 Å². The molecule has 1 amide bonds. The molecule has 3 nitrogen and oxygen atoms in total. The summed E-state index contributed by atoms with van der Waals surface area (Å²) >= 11 is 0. The van der Waals surface area contributed by atoms with Crippen LogP contribution in [0.5, 0.6) is 0 Å². The predicted octanol–water partition coefficient (Wildman–Crippen LogP) is 3.52. The number of aliphatic hydroxyl groups is 1. The third-order valence-electron chi connectivity index (χ3n) is 4.14. The molecule has 0 spiro atoms. The summed E-state index contributed by atoms with van der Waals surface area (Å²) in [7, 11) is 0. The van der Waals surface area contributed by atoms with Crippen LogP contribution in [0.15, 0.2) is 42.5 Å². The van der Waals surface area contributed by atoms with Gasteiger partial charge >= 0.3 is 0 Å². The highest BCUT2D eigenvalue weighted by Crippen LogP contribution is 2.37. The quantitative estimate of drug-likeness (QED) is 0.904. The first-order valence-electron chi connectivity index (χ1n) is 7.29. The van der Waals surface area contributed by atoms with Gasteiger partial charge in [-0.2, -0.15) is 0 Å². The van der Waals surface area contributed by atoms with E-state index in [1.807, 2.05) is 56.3 Å². The van der Waals surface area contributed by atoms with Gasteiger partial charge < -0.3 is 10.4 Å². The molecule has 1 aliphatic heterocycles. The minimum absolute atomic E-state index is 0.0504. The first-order chi connectivity index (χ1) is 10.1. The van der Waals surface area contributed by atoms with Gasteiger partial charge in [-0.15, -0.1) is 0 Å². The lowest BCUT2D eigenvalue weighted by molar-refractivity contribution is -0.117. The van der Waals surface area contributed by atoms with Crippen molar-refractivity contribution in [2.24, 2.45) is 0 Å². The Morgan fingerprint density at radius 1 is 1.14 bits per heavy atom. The van der Waals surface area contributed by atoms with E-state index in [2.05, 4.69) is 5.32 Å². The Balaban J connectivity index is 1.95. The van der Waals surface area contributed by atoms with Crippen LogP contribution < -0.4 is 5.32 Å². The molecule has 1 heterocycles. The van der Waals surface area contributed by atoms with E-state index in [0.717, 1.165) is 28.8 Å². The second-order valence-corrected chi connectivity index (χ2v) is 5.61. The largest absolute Gasteiger partial charge is 0.384 e. The Morgan fingerprint density at radius 3 is 2.48 bits per heavy atom. The van der Waals surface area contributed by atoms with Gasteiger partial charge in [0.2, 0.25) is 5.91 Å². The number of benzene rings is 2. The number of amides is 1. The van der Waals surface area contributed by atoms with Crippen LogP contribution in [0.25, 0.3) is 0 Å². The second-order valence-electron chi connectivity index (χ2n) is 5.61. The summed E-state index contributed by atoms with van der Waals surface area (Å²) in [5.41, 5.74) is 4.72. The van der Waals surface area contributed by atoms with Crippen molar-refractivity contribution < 1.29 is 9.90 Å². The predicted molar refractivity (Wildman–Crippen MR) is 83.3 cm³/mol. The fraction of sp³-hybridized carbons (Fsp3) is 0.278. The first kappa shape index (κ1) is 13.8. The number of rotatable bonds is 3. The van der Waals surface area contributed by atoms with Crippen molar-refractivity contribution in [2.45, 2.75) is 32.3 Å². The average molecular weight is 281 g/mol. The molecule has 0 saturated carbocycles. The lowest BCUT2D eigenvalue weighted by Crippen LogP contribution is -2.10. The van der Waals surface area contributed by atoms with Crippen molar-refractivity contribution in [3.05, 3.63) is 64.7 Å². The van der Waals surface area contributed by atoms with Crippen LogP contribution in [0, 0.1) is 6.92 Å². The van der Waals surface area contributed by atoms with Crippen molar-refractivity contribution in [1.29, 1.82) is 0 Å². The Kier molecular flexibility index (Phi) is 3.52. The molecule has 2 unspecified atom stereocenters. The van der Waals surface area contributed by atoms with Crippen LogP contribution in [0.2, 0.25) is 0 Å². The summed E-state index contributed by atoms with van der Waals surface area (Å²) in [5.74, 6) is -0.0559. The summed E-state index contributed by atoms with van der Waals surface area (Å²) in [4.78, 5) is 11.9. The van der Waals surface area contributed by atoms with Gasteiger partial charge in [-0.25, -0.2) is 0 Å². The van der Waals surface area contributed by atoms with Crippen LogP contribution in [0.3, 0.4) is 0 Å². The van der Waals surface area contributed by atoms with E-state index in [4.69, 9.17) is 0 Å². The zero-order valence-electron chi connectivity index (χ0n) is 12.3. The number of fused-ring (bicyclic) bond motifs is 1. The highest BCUT2D eigenvalue weighted by atomic mass is 16.3. The number of hydrogen-bond donors (Lipinski definition) is 2. The molecule has 1 aliphatic rings. The maximum Gasteiger partial charge on any atom is 0.231 e. The molecule has 0 saturated heterocycles. The minimum Gasteiger partial charge on any atom is -0.384 e. The monoisotopic (exact) mass is 281 g/mol. The third kappa shape index (κ3) is 2.45. The zero-order valence-corrected chi connectivity index (χ0v) is 12.3. The Hall–Kier alpha value is -2.13. The second kappa shape index (κ2) is 5.34. The molecule has 2 aromatic carbocycles. The number of nitrogens with one attached hydrogen (secondary N) is 1. The van der Waals surface area contributed by atoms with Gasteiger partial charge in [-0.05, 0) is 42.2 Å². The van der Waals surface area contributed by atoms with E-state index in [-0.39, 0.29) is 11.8 Å². The van der Waals surface area contributed by atoms with E-state index >= 15 is 0 Å². The minimum atomic E-state index is -0.663. The Bertz CT molecular complexity index is 676. The lowest BCUT2D eigenvalue weighted by atomic mass is 9.93.